The number of fused-ring (bicyclic) bond motifs is 2. The average Bonchev–Trinajstić information content (AvgIpc) is 3.48. The highest BCUT2D eigenvalue weighted by Crippen LogP contribution is 2.35. The van der Waals surface area contributed by atoms with Gasteiger partial charge in [0, 0.05) is 53.4 Å². The van der Waals surface area contributed by atoms with Gasteiger partial charge in [0.05, 0.1) is 11.4 Å². The highest BCUT2D eigenvalue weighted by atomic mass is 16.1. The van der Waals surface area contributed by atoms with Crippen LogP contribution in [0.25, 0.3) is 38.8 Å². The molecule has 0 radical (unpaired) electrons. The SMILES string of the molecule is CCNCCCn1cc(-c2c(C#N)[nH]c(=O)n2-c2cn(C)c3ccccc23)c2ccccc21. The van der Waals surface area contributed by atoms with Gasteiger partial charge in [-0.05, 0) is 31.6 Å². The summed E-state index contributed by atoms with van der Waals surface area (Å²) in [4.78, 5) is 16.0. The molecule has 5 rings (SSSR count). The Hall–Kier alpha value is -4.02. The van der Waals surface area contributed by atoms with Gasteiger partial charge in [-0.25, -0.2) is 4.79 Å². The van der Waals surface area contributed by atoms with E-state index >= 15 is 0 Å². The predicted octanol–water partition coefficient (Wildman–Crippen LogP) is 4.15. The maximum Gasteiger partial charge on any atom is 0.331 e. The number of hydrogen-bond acceptors (Lipinski definition) is 3. The van der Waals surface area contributed by atoms with E-state index in [9.17, 15) is 10.1 Å². The third kappa shape index (κ3) is 3.45. The van der Waals surface area contributed by atoms with E-state index in [1.807, 2.05) is 54.2 Å². The molecule has 0 unspecified atom stereocenters. The highest BCUT2D eigenvalue weighted by molar-refractivity contribution is 5.98. The first-order valence-corrected chi connectivity index (χ1v) is 11.2. The van der Waals surface area contributed by atoms with Crippen LogP contribution in [0, 0.1) is 11.3 Å². The fourth-order valence-electron chi connectivity index (χ4n) is 4.67. The van der Waals surface area contributed by atoms with Gasteiger partial charge in [0.25, 0.3) is 0 Å². The largest absolute Gasteiger partial charge is 0.348 e. The first-order chi connectivity index (χ1) is 16.1. The molecule has 2 N–H and O–H groups in total. The number of nitrogens with one attached hydrogen (secondary N) is 2. The van der Waals surface area contributed by atoms with Crippen LogP contribution in [0.15, 0.2) is 65.7 Å². The summed E-state index contributed by atoms with van der Waals surface area (Å²) in [5.74, 6) is 0. The summed E-state index contributed by atoms with van der Waals surface area (Å²) < 4.78 is 5.86. The van der Waals surface area contributed by atoms with Crippen LogP contribution in [-0.4, -0.2) is 31.8 Å². The lowest BCUT2D eigenvalue weighted by Crippen LogP contribution is -2.16. The van der Waals surface area contributed by atoms with E-state index in [0.29, 0.717) is 5.69 Å². The van der Waals surface area contributed by atoms with Crippen LogP contribution in [0.2, 0.25) is 0 Å². The lowest BCUT2D eigenvalue weighted by atomic mass is 10.1. The van der Waals surface area contributed by atoms with Crippen molar-refractivity contribution in [3.8, 4) is 23.0 Å². The van der Waals surface area contributed by atoms with E-state index in [4.69, 9.17) is 0 Å². The molecule has 0 aliphatic heterocycles. The van der Waals surface area contributed by atoms with Crippen LogP contribution in [0.5, 0.6) is 0 Å². The van der Waals surface area contributed by atoms with Crippen molar-refractivity contribution < 1.29 is 0 Å². The minimum Gasteiger partial charge on any atom is -0.348 e. The van der Waals surface area contributed by atoms with Crippen LogP contribution in [0.3, 0.4) is 0 Å². The van der Waals surface area contributed by atoms with Gasteiger partial charge in [0.15, 0.2) is 0 Å². The van der Waals surface area contributed by atoms with Crippen LogP contribution in [0.1, 0.15) is 19.0 Å². The Morgan fingerprint density at radius 3 is 2.52 bits per heavy atom. The number of benzene rings is 2. The summed E-state index contributed by atoms with van der Waals surface area (Å²) in [6.45, 7) is 4.83. The first-order valence-electron chi connectivity index (χ1n) is 11.2. The molecule has 3 aromatic heterocycles. The molecule has 7 nitrogen and oxygen atoms in total. The molecule has 0 saturated heterocycles. The third-order valence-corrected chi connectivity index (χ3v) is 6.17. The van der Waals surface area contributed by atoms with Crippen molar-refractivity contribution in [3.63, 3.8) is 0 Å². The molecule has 0 aliphatic carbocycles. The number of hydrogen-bond donors (Lipinski definition) is 2. The number of aromatic nitrogens is 4. The average molecular weight is 439 g/mol. The van der Waals surface area contributed by atoms with Gasteiger partial charge in [0.2, 0.25) is 0 Å². The summed E-state index contributed by atoms with van der Waals surface area (Å²) in [7, 11) is 1.96. The van der Waals surface area contributed by atoms with Crippen molar-refractivity contribution in [2.75, 3.05) is 13.1 Å². The smallest absolute Gasteiger partial charge is 0.331 e. The monoisotopic (exact) mass is 438 g/mol. The Balaban J connectivity index is 1.74. The van der Waals surface area contributed by atoms with E-state index in [0.717, 1.165) is 59.1 Å². The molecule has 0 amide bonds. The normalized spacial score (nSPS) is 11.4. The molecular weight excluding hydrogens is 412 g/mol. The molecule has 0 spiro atoms. The van der Waals surface area contributed by atoms with E-state index in [2.05, 4.69) is 46.2 Å². The maximum atomic E-state index is 13.2. The quantitative estimate of drug-likeness (QED) is 0.375. The van der Waals surface area contributed by atoms with Crippen LogP contribution in [0.4, 0.5) is 0 Å². The molecule has 0 fully saturated rings. The Bertz CT molecular complexity index is 1560. The Morgan fingerprint density at radius 1 is 1.03 bits per heavy atom. The number of aromatic amines is 1. The van der Waals surface area contributed by atoms with E-state index in [-0.39, 0.29) is 11.4 Å². The Labute approximate surface area is 191 Å². The van der Waals surface area contributed by atoms with Gasteiger partial charge < -0.3 is 14.5 Å². The molecule has 33 heavy (non-hydrogen) atoms. The fourth-order valence-corrected chi connectivity index (χ4v) is 4.67. The molecule has 0 atom stereocenters. The number of H-pyrrole nitrogens is 1. The number of aryl methyl sites for hydroxylation is 2. The van der Waals surface area contributed by atoms with E-state index in [1.54, 1.807) is 4.57 Å². The van der Waals surface area contributed by atoms with Gasteiger partial charge in [-0.1, -0.05) is 43.3 Å². The minimum atomic E-state index is -0.318. The summed E-state index contributed by atoms with van der Waals surface area (Å²) in [6, 6.07) is 18.3. The van der Waals surface area contributed by atoms with Crippen LogP contribution < -0.4 is 11.0 Å². The van der Waals surface area contributed by atoms with Gasteiger partial charge in [-0.15, -0.1) is 0 Å². The predicted molar refractivity (Wildman–Crippen MR) is 132 cm³/mol. The van der Waals surface area contributed by atoms with Gasteiger partial charge in [0.1, 0.15) is 11.8 Å². The summed E-state index contributed by atoms with van der Waals surface area (Å²) >= 11 is 0. The topological polar surface area (TPSA) is 83.5 Å². The molecular formula is C26H26N6O. The molecule has 3 heterocycles. The zero-order valence-corrected chi connectivity index (χ0v) is 18.8. The van der Waals surface area contributed by atoms with Crippen molar-refractivity contribution in [2.24, 2.45) is 7.05 Å². The molecule has 0 bridgehead atoms. The lowest BCUT2D eigenvalue weighted by Gasteiger charge is -2.06. The second kappa shape index (κ2) is 8.49. The second-order valence-corrected chi connectivity index (χ2v) is 8.20. The Morgan fingerprint density at radius 2 is 1.76 bits per heavy atom. The van der Waals surface area contributed by atoms with E-state index in [1.165, 1.54) is 0 Å². The molecule has 0 saturated carbocycles. The highest BCUT2D eigenvalue weighted by Gasteiger charge is 2.23. The number of nitriles is 1. The van der Waals surface area contributed by atoms with Crippen molar-refractivity contribution in [1.29, 1.82) is 5.26 Å². The van der Waals surface area contributed by atoms with Gasteiger partial charge in [-0.2, -0.15) is 5.26 Å². The molecule has 0 aliphatic rings. The maximum absolute atomic E-state index is 13.2. The molecule has 2 aromatic carbocycles. The standard InChI is InChI=1S/C26H26N6O/c1-3-28-13-8-14-31-16-20(18-9-4-7-12-23(18)31)25-21(15-27)29-26(33)32(25)24-17-30(2)22-11-6-5-10-19(22)24/h4-7,9-12,16-17,28H,3,8,13-14H2,1-2H3,(H,29,33). The fraction of sp³-hybridized carbons (Fsp3) is 0.231. The first kappa shape index (κ1) is 20.9. The summed E-state index contributed by atoms with van der Waals surface area (Å²) in [6.07, 6.45) is 5.00. The number of rotatable bonds is 7. The number of para-hydroxylation sites is 2. The molecule has 166 valence electrons. The second-order valence-electron chi connectivity index (χ2n) is 8.20. The minimum absolute atomic E-state index is 0.267. The number of imidazole rings is 1. The zero-order valence-electron chi connectivity index (χ0n) is 18.8. The molecule has 7 heteroatoms. The third-order valence-electron chi connectivity index (χ3n) is 6.17. The Kier molecular flexibility index (Phi) is 5.37. The van der Waals surface area contributed by atoms with Gasteiger partial charge in [-0.3, -0.25) is 9.55 Å². The molecule has 5 aromatic rings. The van der Waals surface area contributed by atoms with Crippen molar-refractivity contribution in [1.82, 2.24) is 24.0 Å². The van der Waals surface area contributed by atoms with Crippen molar-refractivity contribution >= 4 is 21.8 Å². The summed E-state index contributed by atoms with van der Waals surface area (Å²) in [5.41, 5.74) is 4.29. The summed E-state index contributed by atoms with van der Waals surface area (Å²) in [5, 5.41) is 15.3. The lowest BCUT2D eigenvalue weighted by molar-refractivity contribution is 0.604. The van der Waals surface area contributed by atoms with Crippen molar-refractivity contribution in [2.45, 2.75) is 19.9 Å². The van der Waals surface area contributed by atoms with Crippen LogP contribution >= 0.6 is 0 Å². The zero-order chi connectivity index (χ0) is 22.9. The van der Waals surface area contributed by atoms with Gasteiger partial charge >= 0.3 is 5.69 Å². The number of nitrogens with zero attached hydrogens (tertiary/aromatic N) is 4. The van der Waals surface area contributed by atoms with E-state index < -0.39 is 0 Å². The van der Waals surface area contributed by atoms with Crippen LogP contribution in [-0.2, 0) is 13.6 Å². The van der Waals surface area contributed by atoms with Crippen molar-refractivity contribution in [3.05, 3.63) is 77.1 Å².